The van der Waals surface area contributed by atoms with Crippen LogP contribution in [0.25, 0.3) is 0 Å². The van der Waals surface area contributed by atoms with Gasteiger partial charge in [0.05, 0.1) is 0 Å². The maximum absolute atomic E-state index is 11.9. The molecule has 20 heavy (non-hydrogen) atoms. The number of rotatable bonds is 3. The van der Waals surface area contributed by atoms with Crippen molar-refractivity contribution in [2.24, 2.45) is 0 Å². The number of carbonyl (C=O) groups is 1. The lowest BCUT2D eigenvalue weighted by Gasteiger charge is -2.22. The molecule has 7 heteroatoms. The molecule has 7 nitrogen and oxygen atoms in total. The lowest BCUT2D eigenvalue weighted by atomic mass is 10.1. The Labute approximate surface area is 116 Å². The maximum atomic E-state index is 11.9. The van der Waals surface area contributed by atoms with Crippen molar-refractivity contribution in [2.75, 3.05) is 0 Å². The summed E-state index contributed by atoms with van der Waals surface area (Å²) >= 11 is 0. The van der Waals surface area contributed by atoms with Gasteiger partial charge in [0.15, 0.2) is 0 Å². The van der Waals surface area contributed by atoms with E-state index >= 15 is 0 Å². The number of amides is 1. The van der Waals surface area contributed by atoms with E-state index in [0.29, 0.717) is 5.82 Å². The minimum Gasteiger partial charge on any atom is -0.444 e. The maximum Gasteiger partial charge on any atom is 0.408 e. The van der Waals surface area contributed by atoms with Gasteiger partial charge in [-0.15, -0.1) is 10.2 Å². The fourth-order valence-corrected chi connectivity index (χ4v) is 1.66. The fraction of sp³-hybridized carbons (Fsp3) is 0.385. The van der Waals surface area contributed by atoms with Crippen molar-refractivity contribution in [1.82, 2.24) is 25.9 Å². The predicted molar refractivity (Wildman–Crippen MR) is 71.8 cm³/mol. The second-order valence-electron chi connectivity index (χ2n) is 5.26. The molecule has 1 heterocycles. The van der Waals surface area contributed by atoms with E-state index in [4.69, 9.17) is 4.74 Å². The summed E-state index contributed by atoms with van der Waals surface area (Å²) in [6, 6.07) is 8.88. The van der Waals surface area contributed by atoms with Crippen molar-refractivity contribution in [2.45, 2.75) is 32.4 Å². The topological polar surface area (TPSA) is 92.8 Å². The van der Waals surface area contributed by atoms with Gasteiger partial charge in [-0.05, 0) is 26.3 Å². The number of hydrogen-bond acceptors (Lipinski definition) is 5. The number of alkyl carbamates (subject to hydrolysis) is 1. The van der Waals surface area contributed by atoms with Crippen LogP contribution in [0.2, 0.25) is 0 Å². The number of aromatic nitrogens is 4. The van der Waals surface area contributed by atoms with E-state index in [0.717, 1.165) is 5.56 Å². The molecule has 0 saturated heterocycles. The van der Waals surface area contributed by atoms with E-state index in [-0.39, 0.29) is 0 Å². The summed E-state index contributed by atoms with van der Waals surface area (Å²) in [5.74, 6) is 0.377. The number of nitrogens with one attached hydrogen (secondary N) is 2. The Hall–Kier alpha value is -2.44. The van der Waals surface area contributed by atoms with Gasteiger partial charge < -0.3 is 10.1 Å². The molecule has 1 aromatic heterocycles. The average molecular weight is 275 g/mol. The van der Waals surface area contributed by atoms with E-state index in [1.54, 1.807) is 20.8 Å². The third kappa shape index (κ3) is 3.78. The van der Waals surface area contributed by atoms with E-state index in [9.17, 15) is 4.79 Å². The molecule has 1 amide bonds. The minimum atomic E-state index is -0.567. The Morgan fingerprint density at radius 2 is 2.00 bits per heavy atom. The lowest BCUT2D eigenvalue weighted by Crippen LogP contribution is -2.35. The molecule has 0 unspecified atom stereocenters. The lowest BCUT2D eigenvalue weighted by molar-refractivity contribution is 0.0510. The van der Waals surface area contributed by atoms with E-state index < -0.39 is 17.7 Å². The van der Waals surface area contributed by atoms with Gasteiger partial charge in [-0.25, -0.2) is 4.79 Å². The molecule has 0 aliphatic rings. The third-order valence-electron chi connectivity index (χ3n) is 2.41. The first kappa shape index (κ1) is 14.0. The van der Waals surface area contributed by atoms with Crippen molar-refractivity contribution in [1.29, 1.82) is 0 Å². The summed E-state index contributed by atoms with van der Waals surface area (Å²) in [7, 11) is 0. The number of benzene rings is 1. The van der Waals surface area contributed by atoms with Crippen molar-refractivity contribution in [3.05, 3.63) is 41.7 Å². The molecular formula is C13H17N5O2. The number of aromatic amines is 1. The van der Waals surface area contributed by atoms with Gasteiger partial charge in [0.1, 0.15) is 11.6 Å². The number of hydrogen-bond donors (Lipinski definition) is 2. The largest absolute Gasteiger partial charge is 0.444 e. The second-order valence-corrected chi connectivity index (χ2v) is 5.26. The van der Waals surface area contributed by atoms with Crippen LogP contribution in [-0.4, -0.2) is 32.3 Å². The number of H-pyrrole nitrogens is 1. The molecule has 0 aliphatic carbocycles. The number of tetrazole rings is 1. The second kappa shape index (κ2) is 5.68. The molecule has 1 aromatic carbocycles. The molecule has 2 N–H and O–H groups in total. The summed E-state index contributed by atoms with van der Waals surface area (Å²) < 4.78 is 5.25. The Balaban J connectivity index is 2.19. The molecule has 2 rings (SSSR count). The standard InChI is InChI=1S/C13H17N5O2/c1-13(2,3)20-12(19)14-10(11-15-17-18-16-11)9-7-5-4-6-8-9/h4-8,10H,1-3H3,(H,14,19)(H,15,16,17,18)/t10-/m0/s1. The van der Waals surface area contributed by atoms with Crippen molar-refractivity contribution < 1.29 is 9.53 Å². The minimum absolute atomic E-state index is 0.377. The molecule has 0 saturated carbocycles. The molecule has 0 spiro atoms. The average Bonchev–Trinajstić information content (AvgIpc) is 2.88. The van der Waals surface area contributed by atoms with Crippen LogP contribution in [0.3, 0.4) is 0 Å². The zero-order valence-electron chi connectivity index (χ0n) is 11.6. The first-order valence-electron chi connectivity index (χ1n) is 6.23. The van der Waals surface area contributed by atoms with Gasteiger partial charge in [-0.1, -0.05) is 35.5 Å². The van der Waals surface area contributed by atoms with Crippen LogP contribution < -0.4 is 5.32 Å². The molecule has 0 bridgehead atoms. The van der Waals surface area contributed by atoms with Crippen LogP contribution in [0, 0.1) is 0 Å². The normalized spacial score (nSPS) is 12.8. The van der Waals surface area contributed by atoms with Gasteiger partial charge in [0, 0.05) is 0 Å². The zero-order chi connectivity index (χ0) is 14.6. The van der Waals surface area contributed by atoms with E-state index in [2.05, 4.69) is 25.9 Å². The predicted octanol–water partition coefficient (Wildman–Crippen LogP) is 1.81. The van der Waals surface area contributed by atoms with Crippen molar-refractivity contribution >= 4 is 6.09 Å². The third-order valence-corrected chi connectivity index (χ3v) is 2.41. The Morgan fingerprint density at radius 1 is 1.30 bits per heavy atom. The van der Waals surface area contributed by atoms with Gasteiger partial charge in [-0.2, -0.15) is 5.21 Å². The SMILES string of the molecule is CC(C)(C)OC(=O)N[C@@H](c1ccccc1)c1nn[nH]n1. The van der Waals surface area contributed by atoms with Crippen LogP contribution >= 0.6 is 0 Å². The van der Waals surface area contributed by atoms with Crippen molar-refractivity contribution in [3.63, 3.8) is 0 Å². The number of ether oxygens (including phenoxy) is 1. The monoisotopic (exact) mass is 275 g/mol. The van der Waals surface area contributed by atoms with Gasteiger partial charge in [0.2, 0.25) is 5.82 Å². The highest BCUT2D eigenvalue weighted by molar-refractivity contribution is 5.68. The van der Waals surface area contributed by atoms with Gasteiger partial charge >= 0.3 is 6.09 Å². The summed E-state index contributed by atoms with van der Waals surface area (Å²) in [6.07, 6.45) is -0.531. The highest BCUT2D eigenvalue weighted by atomic mass is 16.6. The first-order chi connectivity index (χ1) is 9.46. The molecule has 2 aromatic rings. The van der Waals surface area contributed by atoms with E-state index in [1.807, 2.05) is 30.3 Å². The first-order valence-corrected chi connectivity index (χ1v) is 6.23. The summed E-state index contributed by atoms with van der Waals surface area (Å²) in [5.41, 5.74) is 0.280. The molecular weight excluding hydrogens is 258 g/mol. The Kier molecular flexibility index (Phi) is 3.97. The quantitative estimate of drug-likeness (QED) is 0.891. The van der Waals surface area contributed by atoms with Crippen LogP contribution in [0.5, 0.6) is 0 Å². The van der Waals surface area contributed by atoms with Crippen LogP contribution in [0.15, 0.2) is 30.3 Å². The highest BCUT2D eigenvalue weighted by Gasteiger charge is 2.24. The van der Waals surface area contributed by atoms with Crippen LogP contribution in [0.4, 0.5) is 4.79 Å². The molecule has 0 radical (unpaired) electrons. The fourth-order valence-electron chi connectivity index (χ4n) is 1.66. The zero-order valence-corrected chi connectivity index (χ0v) is 11.6. The summed E-state index contributed by atoms with van der Waals surface area (Å²) in [5, 5.41) is 16.5. The smallest absolute Gasteiger partial charge is 0.408 e. The highest BCUT2D eigenvalue weighted by Crippen LogP contribution is 2.18. The van der Waals surface area contributed by atoms with Gasteiger partial charge in [-0.3, -0.25) is 0 Å². The Bertz CT molecular complexity index is 548. The molecule has 0 aliphatic heterocycles. The van der Waals surface area contributed by atoms with Crippen molar-refractivity contribution in [3.8, 4) is 0 Å². The summed E-state index contributed by atoms with van der Waals surface area (Å²) in [6.45, 7) is 5.41. The van der Waals surface area contributed by atoms with E-state index in [1.165, 1.54) is 0 Å². The molecule has 106 valence electrons. The molecule has 0 fully saturated rings. The van der Waals surface area contributed by atoms with Crippen LogP contribution in [-0.2, 0) is 4.74 Å². The Morgan fingerprint density at radius 3 is 2.55 bits per heavy atom. The summed E-state index contributed by atoms with van der Waals surface area (Å²) in [4.78, 5) is 11.9. The van der Waals surface area contributed by atoms with Gasteiger partial charge in [0.25, 0.3) is 0 Å². The molecule has 1 atom stereocenters. The number of nitrogens with zero attached hydrogens (tertiary/aromatic N) is 3. The number of carbonyl (C=O) groups excluding carboxylic acids is 1. The van der Waals surface area contributed by atoms with Crippen LogP contribution in [0.1, 0.15) is 38.2 Å².